The monoisotopic (exact) mass is 362 g/mol. The molecule has 0 bridgehead atoms. The van der Waals surface area contributed by atoms with Crippen LogP contribution in [0.25, 0.3) is 0 Å². The van der Waals surface area contributed by atoms with Gasteiger partial charge in [-0.3, -0.25) is 9.80 Å². The van der Waals surface area contributed by atoms with Gasteiger partial charge in [0.15, 0.2) is 0 Å². The van der Waals surface area contributed by atoms with Gasteiger partial charge in [0, 0.05) is 24.2 Å². The van der Waals surface area contributed by atoms with E-state index in [1.807, 2.05) is 0 Å². The van der Waals surface area contributed by atoms with Crippen LogP contribution >= 0.6 is 0 Å². The van der Waals surface area contributed by atoms with E-state index in [-0.39, 0.29) is 0 Å². The van der Waals surface area contributed by atoms with Crippen LogP contribution in [-0.2, 0) is 0 Å². The van der Waals surface area contributed by atoms with Crippen LogP contribution in [0.4, 0.5) is 0 Å². The first kappa shape index (κ1) is 20.6. The van der Waals surface area contributed by atoms with Gasteiger partial charge in [0.1, 0.15) is 0 Å². The molecule has 2 aliphatic heterocycles. The molecule has 152 valence electrons. The topological polar surface area (TPSA) is 6.48 Å². The molecule has 4 fully saturated rings. The van der Waals surface area contributed by atoms with Crippen molar-refractivity contribution in [3.63, 3.8) is 0 Å². The number of hydrogen-bond donors (Lipinski definition) is 0. The Morgan fingerprint density at radius 2 is 0.962 bits per heavy atom. The van der Waals surface area contributed by atoms with Crippen molar-refractivity contribution < 1.29 is 0 Å². The van der Waals surface area contributed by atoms with Crippen LogP contribution in [0.15, 0.2) is 0 Å². The second-order valence-electron chi connectivity index (χ2n) is 12.1. The second-order valence-corrected chi connectivity index (χ2v) is 12.1. The summed E-state index contributed by atoms with van der Waals surface area (Å²) in [5, 5.41) is 0. The first-order valence-electron chi connectivity index (χ1n) is 11.5. The van der Waals surface area contributed by atoms with Gasteiger partial charge in [-0.25, -0.2) is 0 Å². The van der Waals surface area contributed by atoms with E-state index in [9.17, 15) is 0 Å². The minimum atomic E-state index is 0.394. The fraction of sp³-hybridized carbons (Fsp3) is 1.00. The van der Waals surface area contributed by atoms with Gasteiger partial charge in [-0.1, -0.05) is 25.7 Å². The molecule has 2 heteroatoms. The fourth-order valence-electron chi connectivity index (χ4n) is 5.68. The van der Waals surface area contributed by atoms with Gasteiger partial charge in [-0.15, -0.1) is 0 Å². The highest BCUT2D eigenvalue weighted by molar-refractivity contribution is 5.00. The lowest BCUT2D eigenvalue weighted by molar-refractivity contribution is -0.0784. The zero-order chi connectivity index (χ0) is 19.1. The lowest BCUT2D eigenvalue weighted by atomic mass is 9.63. The Labute approximate surface area is 164 Å². The standard InChI is InChI=1S/2C12H23N/c1-11(2,3)13-9-7-12(8-10-13)5-4-6-12;1-11(2,3)13-9-12(10-13)7-5-4-6-8-12/h2*4-10H2,1-3H3. The highest BCUT2D eigenvalue weighted by Crippen LogP contribution is 2.49. The molecule has 0 aromatic heterocycles. The van der Waals surface area contributed by atoms with Crippen LogP contribution in [0, 0.1) is 10.8 Å². The average Bonchev–Trinajstić information content (AvgIpc) is 2.51. The molecule has 2 nitrogen and oxygen atoms in total. The molecule has 4 aliphatic rings. The van der Waals surface area contributed by atoms with Gasteiger partial charge < -0.3 is 0 Å². The van der Waals surface area contributed by atoms with E-state index in [0.29, 0.717) is 11.1 Å². The van der Waals surface area contributed by atoms with Gasteiger partial charge in [-0.2, -0.15) is 0 Å². The lowest BCUT2D eigenvalue weighted by Gasteiger charge is -2.57. The molecule has 2 spiro atoms. The largest absolute Gasteiger partial charge is 0.298 e. The van der Waals surface area contributed by atoms with E-state index in [4.69, 9.17) is 0 Å². The van der Waals surface area contributed by atoms with Crippen molar-refractivity contribution >= 4 is 0 Å². The Hall–Kier alpha value is -0.0800. The summed E-state index contributed by atoms with van der Waals surface area (Å²) in [4.78, 5) is 5.29. The first-order chi connectivity index (χ1) is 12.0. The van der Waals surface area contributed by atoms with Crippen molar-refractivity contribution in [1.29, 1.82) is 0 Å². The van der Waals surface area contributed by atoms with Crippen molar-refractivity contribution in [3.8, 4) is 0 Å². The number of piperidine rings is 1. The summed E-state index contributed by atoms with van der Waals surface area (Å²) in [7, 11) is 0. The first-order valence-corrected chi connectivity index (χ1v) is 11.5. The third kappa shape index (κ3) is 4.66. The maximum atomic E-state index is 2.65. The number of rotatable bonds is 0. The smallest absolute Gasteiger partial charge is 0.0125 e. The van der Waals surface area contributed by atoms with Crippen molar-refractivity contribution in [1.82, 2.24) is 9.80 Å². The molecule has 2 aliphatic carbocycles. The maximum absolute atomic E-state index is 2.65. The highest BCUT2D eigenvalue weighted by atomic mass is 15.3. The molecule has 0 radical (unpaired) electrons. The summed E-state index contributed by atoms with van der Waals surface area (Å²) < 4.78 is 0. The van der Waals surface area contributed by atoms with Crippen LogP contribution in [0.2, 0.25) is 0 Å². The molecule has 2 heterocycles. The molecule has 0 aromatic rings. The van der Waals surface area contributed by atoms with Crippen molar-refractivity contribution in [2.45, 2.75) is 117 Å². The number of hydrogen-bond acceptors (Lipinski definition) is 2. The molecule has 2 saturated carbocycles. The van der Waals surface area contributed by atoms with E-state index >= 15 is 0 Å². The van der Waals surface area contributed by atoms with E-state index in [1.165, 1.54) is 90.4 Å². The molecule has 0 aromatic carbocycles. The summed E-state index contributed by atoms with van der Waals surface area (Å²) in [6.45, 7) is 19.4. The van der Waals surface area contributed by atoms with Crippen molar-refractivity contribution in [3.05, 3.63) is 0 Å². The van der Waals surface area contributed by atoms with Crippen molar-refractivity contribution in [2.24, 2.45) is 10.8 Å². The Kier molecular flexibility index (Phi) is 5.87. The lowest BCUT2D eigenvalue weighted by Crippen LogP contribution is -2.63. The zero-order valence-corrected chi connectivity index (χ0v) is 18.8. The Balaban J connectivity index is 0.000000151. The quantitative estimate of drug-likeness (QED) is 0.513. The Morgan fingerprint density at radius 3 is 1.35 bits per heavy atom. The summed E-state index contributed by atoms with van der Waals surface area (Å²) in [6, 6.07) is 0. The van der Waals surface area contributed by atoms with E-state index in [0.717, 1.165) is 10.8 Å². The van der Waals surface area contributed by atoms with Gasteiger partial charge in [0.05, 0.1) is 0 Å². The molecule has 26 heavy (non-hydrogen) atoms. The van der Waals surface area contributed by atoms with Crippen LogP contribution < -0.4 is 0 Å². The minimum absolute atomic E-state index is 0.394. The summed E-state index contributed by atoms with van der Waals surface area (Å²) >= 11 is 0. The number of nitrogens with zero attached hydrogens (tertiary/aromatic N) is 2. The molecule has 0 amide bonds. The molecule has 0 N–H and O–H groups in total. The van der Waals surface area contributed by atoms with Crippen LogP contribution in [0.3, 0.4) is 0 Å². The van der Waals surface area contributed by atoms with Gasteiger partial charge in [0.2, 0.25) is 0 Å². The third-order valence-electron chi connectivity index (χ3n) is 8.10. The van der Waals surface area contributed by atoms with Gasteiger partial charge >= 0.3 is 0 Å². The maximum Gasteiger partial charge on any atom is 0.0125 e. The molecular weight excluding hydrogens is 316 g/mol. The molecule has 2 saturated heterocycles. The average molecular weight is 363 g/mol. The number of likely N-dealkylation sites (tertiary alicyclic amines) is 2. The normalized spacial score (nSPS) is 28.8. The summed E-state index contributed by atoms with van der Waals surface area (Å²) in [5.41, 5.74) is 2.36. The predicted molar refractivity (Wildman–Crippen MR) is 114 cm³/mol. The second kappa shape index (κ2) is 7.39. The fourth-order valence-corrected chi connectivity index (χ4v) is 5.68. The molecule has 0 unspecified atom stereocenters. The Morgan fingerprint density at radius 1 is 0.500 bits per heavy atom. The van der Waals surface area contributed by atoms with E-state index in [1.54, 1.807) is 0 Å². The minimum Gasteiger partial charge on any atom is -0.298 e. The molecule has 0 atom stereocenters. The predicted octanol–water partition coefficient (Wildman–Crippen LogP) is 6.10. The van der Waals surface area contributed by atoms with E-state index in [2.05, 4.69) is 51.3 Å². The zero-order valence-electron chi connectivity index (χ0n) is 18.8. The van der Waals surface area contributed by atoms with Crippen LogP contribution in [0.5, 0.6) is 0 Å². The van der Waals surface area contributed by atoms with Crippen LogP contribution in [0.1, 0.15) is 106 Å². The SMILES string of the molecule is CC(C)(C)N1CC2(CCCCC2)C1.CC(C)(C)N1CCC2(CCC2)CC1. The van der Waals surface area contributed by atoms with Crippen molar-refractivity contribution in [2.75, 3.05) is 26.2 Å². The van der Waals surface area contributed by atoms with E-state index < -0.39 is 0 Å². The molecular formula is C24H46N2. The van der Waals surface area contributed by atoms with Gasteiger partial charge in [-0.05, 0) is 104 Å². The third-order valence-corrected chi connectivity index (χ3v) is 8.10. The van der Waals surface area contributed by atoms with Crippen LogP contribution in [-0.4, -0.2) is 47.1 Å². The molecule has 4 rings (SSSR count). The summed E-state index contributed by atoms with van der Waals surface area (Å²) in [6.07, 6.45) is 14.9. The highest BCUT2D eigenvalue weighted by Gasteiger charge is 2.46. The summed E-state index contributed by atoms with van der Waals surface area (Å²) in [5.74, 6) is 0. The van der Waals surface area contributed by atoms with Gasteiger partial charge in [0.25, 0.3) is 0 Å². The Bertz CT molecular complexity index is 440.